The number of carbonyl (C=O) groups excluding carboxylic acids is 2. The molecule has 0 saturated carbocycles. The van der Waals surface area contributed by atoms with E-state index in [9.17, 15) is 14.0 Å². The van der Waals surface area contributed by atoms with Crippen LogP contribution >= 0.6 is 11.3 Å². The average Bonchev–Trinajstić information content (AvgIpc) is 3.09. The molecule has 0 saturated heterocycles. The Morgan fingerprint density at radius 2 is 1.88 bits per heavy atom. The normalized spacial score (nSPS) is 12.0. The van der Waals surface area contributed by atoms with Gasteiger partial charge in [-0.2, -0.15) is 0 Å². The van der Waals surface area contributed by atoms with Gasteiger partial charge in [0.25, 0.3) is 5.91 Å². The first-order chi connectivity index (χ1) is 12.5. The molecule has 26 heavy (non-hydrogen) atoms. The van der Waals surface area contributed by atoms with Crippen molar-refractivity contribution in [3.05, 3.63) is 64.9 Å². The Morgan fingerprint density at radius 3 is 2.62 bits per heavy atom. The van der Waals surface area contributed by atoms with Crippen LogP contribution < -0.4 is 0 Å². The highest BCUT2D eigenvalue weighted by Gasteiger charge is 2.22. The van der Waals surface area contributed by atoms with E-state index in [1.165, 1.54) is 40.5 Å². The highest BCUT2D eigenvalue weighted by atomic mass is 32.1. The molecular formula is C19H17FN2O3S. The van der Waals surface area contributed by atoms with Gasteiger partial charge in [0.15, 0.2) is 6.61 Å². The van der Waals surface area contributed by atoms with Crippen LogP contribution in [0.2, 0.25) is 0 Å². The van der Waals surface area contributed by atoms with Gasteiger partial charge >= 0.3 is 5.97 Å². The lowest BCUT2D eigenvalue weighted by atomic mass is 10.2. The van der Waals surface area contributed by atoms with Crippen molar-refractivity contribution < 1.29 is 18.7 Å². The van der Waals surface area contributed by atoms with Crippen LogP contribution in [-0.4, -0.2) is 35.4 Å². The number of aromatic nitrogens is 1. The molecule has 1 atom stereocenters. The maximum absolute atomic E-state index is 13.6. The first-order valence-corrected chi connectivity index (χ1v) is 8.82. The van der Waals surface area contributed by atoms with Gasteiger partial charge in [0.05, 0.1) is 21.8 Å². The molecular weight excluding hydrogens is 355 g/mol. The summed E-state index contributed by atoms with van der Waals surface area (Å²) in [5.74, 6) is -1.93. The SMILES string of the molecule is C[C@@H](c1nc2ccccc2s1)N(C)C(=O)COC(=O)c1ccccc1F. The van der Waals surface area contributed by atoms with Crippen LogP contribution in [0.4, 0.5) is 4.39 Å². The van der Waals surface area contributed by atoms with E-state index in [2.05, 4.69) is 4.98 Å². The van der Waals surface area contributed by atoms with Gasteiger partial charge in [0.2, 0.25) is 0 Å². The molecule has 0 N–H and O–H groups in total. The minimum absolute atomic E-state index is 0.192. The highest BCUT2D eigenvalue weighted by molar-refractivity contribution is 7.18. The zero-order valence-corrected chi connectivity index (χ0v) is 15.1. The molecule has 5 nitrogen and oxygen atoms in total. The molecule has 3 rings (SSSR count). The van der Waals surface area contributed by atoms with Gasteiger partial charge in [-0.15, -0.1) is 11.3 Å². The Labute approximate surface area is 154 Å². The maximum Gasteiger partial charge on any atom is 0.341 e. The molecule has 2 aromatic carbocycles. The van der Waals surface area contributed by atoms with Gasteiger partial charge in [-0.1, -0.05) is 24.3 Å². The quantitative estimate of drug-likeness (QED) is 0.639. The summed E-state index contributed by atoms with van der Waals surface area (Å²) in [4.78, 5) is 30.2. The third kappa shape index (κ3) is 3.72. The number of nitrogens with zero attached hydrogens (tertiary/aromatic N) is 2. The summed E-state index contributed by atoms with van der Waals surface area (Å²) in [6.45, 7) is 1.40. The third-order valence-electron chi connectivity index (χ3n) is 4.06. The number of esters is 1. The van der Waals surface area contributed by atoms with Crippen molar-refractivity contribution in [1.82, 2.24) is 9.88 Å². The Kier molecular flexibility index (Phi) is 5.27. The van der Waals surface area contributed by atoms with Crippen molar-refractivity contribution in [3.63, 3.8) is 0 Å². The molecule has 0 unspecified atom stereocenters. The molecule has 0 radical (unpaired) electrons. The van der Waals surface area contributed by atoms with Gasteiger partial charge in [-0.25, -0.2) is 14.2 Å². The van der Waals surface area contributed by atoms with Gasteiger partial charge in [0.1, 0.15) is 10.8 Å². The van der Waals surface area contributed by atoms with E-state index in [0.29, 0.717) is 0 Å². The van der Waals surface area contributed by atoms with Crippen molar-refractivity contribution in [2.45, 2.75) is 13.0 Å². The Bertz CT molecular complexity index is 924. The molecule has 0 bridgehead atoms. The highest BCUT2D eigenvalue weighted by Crippen LogP contribution is 2.28. The monoisotopic (exact) mass is 372 g/mol. The van der Waals surface area contributed by atoms with Gasteiger partial charge in [0, 0.05) is 7.05 Å². The van der Waals surface area contributed by atoms with E-state index < -0.39 is 18.4 Å². The number of benzene rings is 2. The van der Waals surface area contributed by atoms with E-state index in [1.807, 2.05) is 31.2 Å². The zero-order valence-electron chi connectivity index (χ0n) is 14.3. The summed E-state index contributed by atoms with van der Waals surface area (Å²) in [7, 11) is 1.62. The summed E-state index contributed by atoms with van der Waals surface area (Å²) < 4.78 is 19.6. The van der Waals surface area contributed by atoms with Gasteiger partial charge < -0.3 is 9.64 Å². The van der Waals surface area contributed by atoms with Crippen molar-refractivity contribution >= 4 is 33.4 Å². The van der Waals surface area contributed by atoms with E-state index in [4.69, 9.17) is 4.74 Å². The maximum atomic E-state index is 13.6. The van der Waals surface area contributed by atoms with Crippen LogP contribution in [0.15, 0.2) is 48.5 Å². The number of halogens is 1. The molecule has 7 heteroatoms. The summed E-state index contributed by atoms with van der Waals surface area (Å²) in [5, 5.41) is 0.794. The molecule has 1 amide bonds. The third-order valence-corrected chi connectivity index (χ3v) is 5.27. The number of likely N-dealkylation sites (N-methyl/N-ethyl adjacent to an activating group) is 1. The lowest BCUT2D eigenvalue weighted by Gasteiger charge is -2.23. The van der Waals surface area contributed by atoms with Crippen LogP contribution in [0.1, 0.15) is 28.3 Å². The number of ether oxygens (including phenoxy) is 1. The lowest BCUT2D eigenvalue weighted by Crippen LogP contribution is -2.33. The van der Waals surface area contributed by atoms with Crippen LogP contribution in [0.5, 0.6) is 0 Å². The molecule has 0 fully saturated rings. The van der Waals surface area contributed by atoms with Crippen molar-refractivity contribution in [3.8, 4) is 0 Å². The van der Waals surface area contributed by atoms with Crippen molar-refractivity contribution in [2.24, 2.45) is 0 Å². The number of hydrogen-bond acceptors (Lipinski definition) is 5. The van der Waals surface area contributed by atoms with E-state index in [-0.39, 0.29) is 17.5 Å². The summed E-state index contributed by atoms with van der Waals surface area (Å²) in [6.07, 6.45) is 0. The largest absolute Gasteiger partial charge is 0.452 e. The fourth-order valence-corrected chi connectivity index (χ4v) is 3.45. The number of para-hydroxylation sites is 1. The van der Waals surface area contributed by atoms with Crippen LogP contribution in [0, 0.1) is 5.82 Å². The molecule has 134 valence electrons. The number of fused-ring (bicyclic) bond motifs is 1. The second-order valence-corrected chi connectivity index (χ2v) is 6.82. The van der Waals surface area contributed by atoms with Crippen molar-refractivity contribution in [1.29, 1.82) is 0 Å². The summed E-state index contributed by atoms with van der Waals surface area (Å²) >= 11 is 1.51. The molecule has 0 aliphatic carbocycles. The van der Waals surface area contributed by atoms with Crippen LogP contribution in [0.3, 0.4) is 0 Å². The fourth-order valence-electron chi connectivity index (χ4n) is 2.38. The number of rotatable bonds is 5. The van der Waals surface area contributed by atoms with E-state index in [0.717, 1.165) is 15.2 Å². The number of amides is 1. The predicted octanol–water partition coefficient (Wildman–Crippen LogP) is 3.81. The Hall–Kier alpha value is -2.80. The molecule has 0 spiro atoms. The Balaban J connectivity index is 1.63. The molecule has 1 heterocycles. The average molecular weight is 372 g/mol. The first kappa shape index (κ1) is 18.0. The number of thiazole rings is 1. The zero-order chi connectivity index (χ0) is 18.7. The summed E-state index contributed by atoms with van der Waals surface area (Å²) in [6, 6.07) is 13.0. The van der Waals surface area contributed by atoms with Crippen LogP contribution in [-0.2, 0) is 9.53 Å². The molecule has 3 aromatic rings. The Morgan fingerprint density at radius 1 is 1.19 bits per heavy atom. The molecule has 1 aromatic heterocycles. The molecule has 0 aliphatic heterocycles. The standard InChI is InChI=1S/C19H17FN2O3S/c1-12(18-21-15-9-5-6-10-16(15)26-18)22(2)17(23)11-25-19(24)13-7-3-4-8-14(13)20/h3-10,12H,11H2,1-2H3/t12-/m0/s1. The second kappa shape index (κ2) is 7.61. The lowest BCUT2D eigenvalue weighted by molar-refractivity contribution is -0.135. The second-order valence-electron chi connectivity index (χ2n) is 5.76. The van der Waals surface area contributed by atoms with Gasteiger partial charge in [-0.3, -0.25) is 4.79 Å². The predicted molar refractivity (Wildman–Crippen MR) is 97.5 cm³/mol. The van der Waals surface area contributed by atoms with E-state index >= 15 is 0 Å². The topological polar surface area (TPSA) is 59.5 Å². The van der Waals surface area contributed by atoms with Crippen LogP contribution in [0.25, 0.3) is 10.2 Å². The first-order valence-electron chi connectivity index (χ1n) is 8.00. The minimum Gasteiger partial charge on any atom is -0.452 e. The van der Waals surface area contributed by atoms with E-state index in [1.54, 1.807) is 7.05 Å². The number of hydrogen-bond donors (Lipinski definition) is 0. The van der Waals surface area contributed by atoms with Crippen molar-refractivity contribution in [2.75, 3.05) is 13.7 Å². The van der Waals surface area contributed by atoms with Gasteiger partial charge in [-0.05, 0) is 31.2 Å². The molecule has 0 aliphatic rings. The smallest absolute Gasteiger partial charge is 0.341 e. The minimum atomic E-state index is -0.863. The summed E-state index contributed by atoms with van der Waals surface area (Å²) in [5.41, 5.74) is 0.688. The number of carbonyl (C=O) groups is 2. The fraction of sp³-hybridized carbons (Fsp3) is 0.211.